The molecule has 4 N–H and O–H groups in total. The Balaban J connectivity index is 1.81. The third-order valence-corrected chi connectivity index (χ3v) is 5.12. The lowest BCUT2D eigenvalue weighted by molar-refractivity contribution is -0.156. The second kappa shape index (κ2) is 11.9. The fourth-order valence-electron chi connectivity index (χ4n) is 3.48. The lowest BCUT2D eigenvalue weighted by Crippen LogP contribution is -2.39. The summed E-state index contributed by atoms with van der Waals surface area (Å²) in [6.45, 7) is 1.73. The molecule has 2 rings (SSSR count). The van der Waals surface area contributed by atoms with E-state index in [1.54, 1.807) is 0 Å². The van der Waals surface area contributed by atoms with Gasteiger partial charge in [0.1, 0.15) is 18.0 Å². The molecule has 1 fully saturated rings. The van der Waals surface area contributed by atoms with E-state index in [0.717, 1.165) is 17.4 Å². The average Bonchev–Trinajstić information content (AvgIpc) is 2.99. The van der Waals surface area contributed by atoms with Gasteiger partial charge in [-0.1, -0.05) is 51.9 Å². The van der Waals surface area contributed by atoms with E-state index in [2.05, 4.69) is 11.9 Å². The Morgan fingerprint density at radius 1 is 1.24 bits per heavy atom. The second-order valence-corrected chi connectivity index (χ2v) is 7.46. The van der Waals surface area contributed by atoms with Crippen molar-refractivity contribution in [2.24, 2.45) is 0 Å². The summed E-state index contributed by atoms with van der Waals surface area (Å²) >= 11 is 0. The number of nitrogen functional groups attached to an aromatic ring is 1. The van der Waals surface area contributed by atoms with Crippen LogP contribution in [-0.4, -0.2) is 50.7 Å². The monoisotopic (exact) mass is 411 g/mol. The molecular formula is C20H33N3O6. The van der Waals surface area contributed by atoms with Crippen molar-refractivity contribution in [3.8, 4) is 0 Å². The number of carbonyl (C=O) groups is 1. The lowest BCUT2D eigenvalue weighted by Gasteiger charge is -2.20. The minimum atomic E-state index is -1.31. The number of anilines is 1. The fraction of sp³-hybridized carbons (Fsp3) is 0.750. The molecule has 0 spiro atoms. The Hall–Kier alpha value is -1.97. The van der Waals surface area contributed by atoms with Crippen molar-refractivity contribution in [1.82, 2.24) is 9.55 Å². The van der Waals surface area contributed by atoms with Crippen molar-refractivity contribution in [3.63, 3.8) is 0 Å². The smallest absolute Gasteiger partial charge is 0.351 e. The van der Waals surface area contributed by atoms with Gasteiger partial charge in [0.15, 0.2) is 12.3 Å². The highest BCUT2D eigenvalue weighted by Gasteiger charge is 2.47. The predicted octanol–water partition coefficient (Wildman–Crippen LogP) is 1.52. The largest absolute Gasteiger partial charge is 0.457 e. The number of carbonyl (C=O) groups excluding carboxylic acids is 1. The standard InChI is InChI=1S/C20H33N3O6/c1-2-3-4-5-6-7-8-9-10-16(25)29-18-14(13-24)28-19(17(18)26)23-12-11-15(21)22-20(23)27/h11-12,14,17-19,24,26H,2-10,13H2,1H3,(H2,21,22,27)/t14-,17+,18-,19-/m1/s1. The highest BCUT2D eigenvalue weighted by Crippen LogP contribution is 2.30. The number of hydrogen-bond acceptors (Lipinski definition) is 8. The van der Waals surface area contributed by atoms with Gasteiger partial charge in [0.25, 0.3) is 0 Å². The number of rotatable bonds is 12. The van der Waals surface area contributed by atoms with Crippen LogP contribution in [0.5, 0.6) is 0 Å². The van der Waals surface area contributed by atoms with E-state index < -0.39 is 42.8 Å². The molecule has 2 heterocycles. The molecule has 0 radical (unpaired) electrons. The maximum absolute atomic E-state index is 12.2. The maximum atomic E-state index is 12.2. The molecule has 1 aliphatic heterocycles. The summed E-state index contributed by atoms with van der Waals surface area (Å²) in [6.07, 6.45) is 6.06. The van der Waals surface area contributed by atoms with Gasteiger partial charge in [-0.15, -0.1) is 0 Å². The van der Waals surface area contributed by atoms with Crippen molar-refractivity contribution < 1.29 is 24.5 Å². The Kier molecular flexibility index (Phi) is 9.56. The van der Waals surface area contributed by atoms with Crippen molar-refractivity contribution in [3.05, 3.63) is 22.7 Å². The molecule has 1 aliphatic rings. The molecule has 0 aliphatic carbocycles. The molecule has 4 atom stereocenters. The van der Waals surface area contributed by atoms with Gasteiger partial charge in [-0.3, -0.25) is 9.36 Å². The second-order valence-electron chi connectivity index (χ2n) is 7.46. The van der Waals surface area contributed by atoms with Gasteiger partial charge in [-0.05, 0) is 12.5 Å². The van der Waals surface area contributed by atoms with Crippen LogP contribution in [0.15, 0.2) is 17.1 Å². The summed E-state index contributed by atoms with van der Waals surface area (Å²) in [7, 11) is 0. The van der Waals surface area contributed by atoms with Gasteiger partial charge in [-0.25, -0.2) is 4.79 Å². The average molecular weight is 411 g/mol. The molecule has 9 heteroatoms. The number of nitrogens with zero attached hydrogens (tertiary/aromatic N) is 2. The molecule has 0 aromatic carbocycles. The highest BCUT2D eigenvalue weighted by molar-refractivity contribution is 5.69. The SMILES string of the molecule is CCCCCCCCCCC(=O)O[C@H]1[C@H](O)[C@H](n2ccc(N)nc2=O)O[C@@H]1CO. The predicted molar refractivity (Wildman–Crippen MR) is 107 cm³/mol. The number of esters is 1. The molecule has 29 heavy (non-hydrogen) atoms. The van der Waals surface area contributed by atoms with E-state index in [1.807, 2.05) is 0 Å². The molecule has 1 saturated heterocycles. The lowest BCUT2D eigenvalue weighted by atomic mass is 10.1. The van der Waals surface area contributed by atoms with Crippen LogP contribution < -0.4 is 11.4 Å². The van der Waals surface area contributed by atoms with E-state index >= 15 is 0 Å². The van der Waals surface area contributed by atoms with Gasteiger partial charge < -0.3 is 25.4 Å². The Labute approximate surface area is 170 Å². The Morgan fingerprint density at radius 3 is 2.52 bits per heavy atom. The quantitative estimate of drug-likeness (QED) is 0.348. The van der Waals surface area contributed by atoms with Crippen LogP contribution in [0.2, 0.25) is 0 Å². The van der Waals surface area contributed by atoms with Gasteiger partial charge in [0.2, 0.25) is 0 Å². The summed E-state index contributed by atoms with van der Waals surface area (Å²) in [4.78, 5) is 27.8. The van der Waals surface area contributed by atoms with E-state index in [1.165, 1.54) is 44.4 Å². The molecule has 1 aromatic rings. The van der Waals surface area contributed by atoms with Crippen molar-refractivity contribution in [2.45, 2.75) is 89.3 Å². The van der Waals surface area contributed by atoms with Crippen molar-refractivity contribution in [1.29, 1.82) is 0 Å². The van der Waals surface area contributed by atoms with Gasteiger partial charge >= 0.3 is 11.7 Å². The van der Waals surface area contributed by atoms with E-state index in [9.17, 15) is 19.8 Å². The summed E-state index contributed by atoms with van der Waals surface area (Å²) in [5, 5.41) is 20.1. The van der Waals surface area contributed by atoms with Crippen LogP contribution in [0, 0.1) is 0 Å². The van der Waals surface area contributed by atoms with Gasteiger partial charge in [0, 0.05) is 12.6 Å². The number of aliphatic hydroxyl groups is 2. The molecule has 164 valence electrons. The molecule has 0 amide bonds. The van der Waals surface area contributed by atoms with Crippen LogP contribution in [-0.2, 0) is 14.3 Å². The first kappa shape index (κ1) is 23.3. The first-order valence-electron chi connectivity index (χ1n) is 10.5. The molecule has 0 saturated carbocycles. The molecular weight excluding hydrogens is 378 g/mol. The first-order valence-corrected chi connectivity index (χ1v) is 10.5. The van der Waals surface area contributed by atoms with Crippen LogP contribution >= 0.6 is 0 Å². The Morgan fingerprint density at radius 2 is 1.90 bits per heavy atom. The van der Waals surface area contributed by atoms with E-state index in [0.29, 0.717) is 6.42 Å². The van der Waals surface area contributed by atoms with Crippen LogP contribution in [0.4, 0.5) is 5.82 Å². The summed E-state index contributed by atoms with van der Waals surface area (Å²) in [5.41, 5.74) is 4.77. The molecule has 0 bridgehead atoms. The topological polar surface area (TPSA) is 137 Å². The van der Waals surface area contributed by atoms with E-state index in [-0.39, 0.29) is 12.2 Å². The maximum Gasteiger partial charge on any atom is 0.351 e. The minimum Gasteiger partial charge on any atom is -0.457 e. The van der Waals surface area contributed by atoms with Crippen LogP contribution in [0.25, 0.3) is 0 Å². The summed E-state index contributed by atoms with van der Waals surface area (Å²) in [5.74, 6) is -0.406. The normalized spacial score (nSPS) is 24.0. The number of unbranched alkanes of at least 4 members (excludes halogenated alkanes) is 7. The van der Waals surface area contributed by atoms with Crippen molar-refractivity contribution >= 4 is 11.8 Å². The zero-order chi connectivity index (χ0) is 21.2. The summed E-state index contributed by atoms with van der Waals surface area (Å²) in [6, 6.07) is 1.40. The van der Waals surface area contributed by atoms with Crippen LogP contribution in [0.1, 0.15) is 70.9 Å². The zero-order valence-electron chi connectivity index (χ0n) is 17.0. The number of ether oxygens (including phenoxy) is 2. The van der Waals surface area contributed by atoms with Crippen LogP contribution in [0.3, 0.4) is 0 Å². The fourth-order valence-corrected chi connectivity index (χ4v) is 3.48. The number of hydrogen-bond donors (Lipinski definition) is 3. The summed E-state index contributed by atoms with van der Waals surface area (Å²) < 4.78 is 12.0. The first-order chi connectivity index (χ1) is 14.0. The third kappa shape index (κ3) is 6.80. The Bertz CT molecular complexity index is 695. The molecule has 0 unspecified atom stereocenters. The molecule has 1 aromatic heterocycles. The van der Waals surface area contributed by atoms with Gasteiger partial charge in [0.05, 0.1) is 6.61 Å². The zero-order valence-corrected chi connectivity index (χ0v) is 17.0. The molecule has 9 nitrogen and oxygen atoms in total. The van der Waals surface area contributed by atoms with Gasteiger partial charge in [-0.2, -0.15) is 4.98 Å². The van der Waals surface area contributed by atoms with E-state index in [4.69, 9.17) is 15.2 Å². The number of aromatic nitrogens is 2. The van der Waals surface area contributed by atoms with Crippen molar-refractivity contribution in [2.75, 3.05) is 12.3 Å². The number of nitrogens with two attached hydrogens (primary N) is 1. The third-order valence-electron chi connectivity index (χ3n) is 5.12. The highest BCUT2D eigenvalue weighted by atomic mass is 16.6. The number of aliphatic hydroxyl groups excluding tert-OH is 2. The minimum absolute atomic E-state index is 0.0470.